The zero-order valence-electron chi connectivity index (χ0n) is 17.7. The third kappa shape index (κ3) is 4.53. The Morgan fingerprint density at radius 2 is 1.61 bits per heavy atom. The van der Waals surface area contributed by atoms with Gasteiger partial charge in [-0.05, 0) is 12.1 Å². The summed E-state index contributed by atoms with van der Waals surface area (Å²) in [5.41, 5.74) is 1.01. The van der Waals surface area contributed by atoms with Gasteiger partial charge in [0, 0.05) is 51.4 Å². The quantitative estimate of drug-likeness (QED) is 0.635. The molecule has 0 amide bonds. The van der Waals surface area contributed by atoms with Crippen LogP contribution < -0.4 is 19.3 Å². The Bertz CT molecular complexity index is 1000. The zero-order valence-corrected chi connectivity index (χ0v) is 18.5. The number of anilines is 2. The maximum absolute atomic E-state index is 13.1. The van der Waals surface area contributed by atoms with Crippen LogP contribution in [0.3, 0.4) is 0 Å². The van der Waals surface area contributed by atoms with Crippen molar-refractivity contribution in [2.75, 3.05) is 76.5 Å². The first-order valence-electron chi connectivity index (χ1n) is 10.2. The normalized spacial score (nSPS) is 18.1. The van der Waals surface area contributed by atoms with Crippen LogP contribution in [0, 0.1) is 0 Å². The molecule has 4 rings (SSSR count). The number of methoxy groups -OCH3 is 2. The number of rotatable bonds is 6. The standard InChI is InChI=1S/C20H27N5O5S/c1-28-18-4-3-17(14-19(18)29-2)31(26,27)25-7-5-24(6-8-25)20-13-16(15-21-22-20)23-9-11-30-12-10-23/h3-4,13-15H,5-12H2,1-2H3. The second kappa shape index (κ2) is 9.25. The predicted molar refractivity (Wildman–Crippen MR) is 116 cm³/mol. The molecule has 2 saturated heterocycles. The fraction of sp³-hybridized carbons (Fsp3) is 0.500. The summed E-state index contributed by atoms with van der Waals surface area (Å²) >= 11 is 0. The van der Waals surface area contributed by atoms with Crippen LogP contribution in [-0.4, -0.2) is 89.6 Å². The predicted octanol–water partition coefficient (Wildman–Crippen LogP) is 0.841. The van der Waals surface area contributed by atoms with Crippen molar-refractivity contribution >= 4 is 21.5 Å². The number of aromatic nitrogens is 2. The number of sulfonamides is 1. The molecule has 11 heteroatoms. The van der Waals surface area contributed by atoms with Gasteiger partial charge in [-0.2, -0.15) is 9.40 Å². The van der Waals surface area contributed by atoms with E-state index in [-0.39, 0.29) is 4.90 Å². The Morgan fingerprint density at radius 3 is 2.29 bits per heavy atom. The van der Waals surface area contributed by atoms with Crippen LogP contribution in [0.1, 0.15) is 0 Å². The molecule has 1 aromatic carbocycles. The Morgan fingerprint density at radius 1 is 0.903 bits per heavy atom. The van der Waals surface area contributed by atoms with Crippen molar-refractivity contribution in [1.82, 2.24) is 14.5 Å². The first-order chi connectivity index (χ1) is 15.0. The average Bonchev–Trinajstić information content (AvgIpc) is 2.84. The molecule has 2 aromatic rings. The maximum atomic E-state index is 13.1. The van der Waals surface area contributed by atoms with Gasteiger partial charge in [0.05, 0.1) is 44.2 Å². The number of piperazine rings is 1. The third-order valence-electron chi connectivity index (χ3n) is 5.56. The summed E-state index contributed by atoms with van der Waals surface area (Å²) in [7, 11) is -0.636. The second-order valence-corrected chi connectivity index (χ2v) is 9.22. The van der Waals surface area contributed by atoms with Crippen LogP contribution in [-0.2, 0) is 14.8 Å². The number of nitrogens with zero attached hydrogens (tertiary/aromatic N) is 5. The maximum Gasteiger partial charge on any atom is 0.243 e. The number of hydrogen-bond acceptors (Lipinski definition) is 9. The van der Waals surface area contributed by atoms with Gasteiger partial charge in [0.2, 0.25) is 10.0 Å². The summed E-state index contributed by atoms with van der Waals surface area (Å²) in [6, 6.07) is 6.66. The first-order valence-corrected chi connectivity index (χ1v) is 11.6. The molecule has 0 atom stereocenters. The molecule has 0 aliphatic carbocycles. The van der Waals surface area contributed by atoms with Crippen molar-refractivity contribution in [3.63, 3.8) is 0 Å². The van der Waals surface area contributed by atoms with E-state index in [1.54, 1.807) is 18.3 Å². The minimum absolute atomic E-state index is 0.188. The lowest BCUT2D eigenvalue weighted by Crippen LogP contribution is -2.49. The lowest BCUT2D eigenvalue weighted by Gasteiger charge is -2.35. The molecule has 1 aromatic heterocycles. The molecule has 2 aliphatic heterocycles. The summed E-state index contributed by atoms with van der Waals surface area (Å²) in [4.78, 5) is 4.48. The number of benzene rings is 1. The number of morpholine rings is 1. The minimum Gasteiger partial charge on any atom is -0.493 e. The van der Waals surface area contributed by atoms with Gasteiger partial charge in [0.15, 0.2) is 17.3 Å². The van der Waals surface area contributed by atoms with Gasteiger partial charge in [0.1, 0.15) is 0 Å². The molecule has 0 radical (unpaired) electrons. The summed E-state index contributed by atoms with van der Waals surface area (Å²) in [5.74, 6) is 1.63. The molecule has 3 heterocycles. The smallest absolute Gasteiger partial charge is 0.243 e. The van der Waals surface area contributed by atoms with Crippen molar-refractivity contribution in [2.24, 2.45) is 0 Å². The van der Waals surface area contributed by atoms with Crippen LogP contribution in [0.4, 0.5) is 11.5 Å². The van der Waals surface area contributed by atoms with E-state index in [9.17, 15) is 8.42 Å². The molecular formula is C20H27N5O5S. The summed E-state index contributed by atoms with van der Waals surface area (Å²) in [6.45, 7) is 4.83. The van der Waals surface area contributed by atoms with Crippen molar-refractivity contribution in [1.29, 1.82) is 0 Å². The fourth-order valence-corrected chi connectivity index (χ4v) is 5.22. The van der Waals surface area contributed by atoms with Crippen molar-refractivity contribution in [2.45, 2.75) is 4.90 Å². The zero-order chi connectivity index (χ0) is 21.8. The molecule has 0 spiro atoms. The van der Waals surface area contributed by atoms with Crippen LogP contribution >= 0.6 is 0 Å². The molecule has 10 nitrogen and oxygen atoms in total. The molecular weight excluding hydrogens is 422 g/mol. The molecule has 168 valence electrons. The summed E-state index contributed by atoms with van der Waals surface area (Å²) in [6.07, 6.45) is 1.76. The van der Waals surface area contributed by atoms with Gasteiger partial charge >= 0.3 is 0 Å². The largest absolute Gasteiger partial charge is 0.493 e. The van der Waals surface area contributed by atoms with Gasteiger partial charge in [-0.25, -0.2) is 8.42 Å². The molecule has 0 unspecified atom stereocenters. The van der Waals surface area contributed by atoms with E-state index >= 15 is 0 Å². The van der Waals surface area contributed by atoms with E-state index < -0.39 is 10.0 Å². The second-order valence-electron chi connectivity index (χ2n) is 7.28. The van der Waals surface area contributed by atoms with Gasteiger partial charge in [-0.3, -0.25) is 0 Å². The van der Waals surface area contributed by atoms with Gasteiger partial charge < -0.3 is 24.0 Å². The van der Waals surface area contributed by atoms with Crippen LogP contribution in [0.15, 0.2) is 35.4 Å². The lowest BCUT2D eigenvalue weighted by molar-refractivity contribution is 0.122. The topological polar surface area (TPSA) is 97.3 Å². The third-order valence-corrected chi connectivity index (χ3v) is 7.45. The van der Waals surface area contributed by atoms with Crippen LogP contribution in [0.2, 0.25) is 0 Å². The highest BCUT2D eigenvalue weighted by molar-refractivity contribution is 7.89. The Labute approximate surface area is 182 Å². The van der Waals surface area contributed by atoms with E-state index in [0.717, 1.165) is 24.6 Å². The summed E-state index contributed by atoms with van der Waals surface area (Å²) < 4.78 is 43.6. The molecule has 0 N–H and O–H groups in total. The Kier molecular flexibility index (Phi) is 6.44. The average molecular weight is 450 g/mol. The minimum atomic E-state index is -3.64. The monoisotopic (exact) mass is 449 g/mol. The molecule has 0 bridgehead atoms. The van der Waals surface area contributed by atoms with E-state index in [2.05, 4.69) is 20.0 Å². The highest BCUT2D eigenvalue weighted by atomic mass is 32.2. The van der Waals surface area contributed by atoms with Crippen molar-refractivity contribution in [3.05, 3.63) is 30.5 Å². The van der Waals surface area contributed by atoms with E-state index in [1.807, 2.05) is 6.07 Å². The van der Waals surface area contributed by atoms with Crippen molar-refractivity contribution in [3.8, 4) is 11.5 Å². The highest BCUT2D eigenvalue weighted by Gasteiger charge is 2.30. The van der Waals surface area contributed by atoms with E-state index in [0.29, 0.717) is 50.9 Å². The molecule has 2 aliphatic rings. The lowest BCUT2D eigenvalue weighted by atomic mass is 10.3. The van der Waals surface area contributed by atoms with E-state index in [4.69, 9.17) is 14.2 Å². The molecule has 2 fully saturated rings. The van der Waals surface area contributed by atoms with Gasteiger partial charge in [-0.1, -0.05) is 0 Å². The Hall–Kier alpha value is -2.63. The van der Waals surface area contributed by atoms with E-state index in [1.165, 1.54) is 24.6 Å². The van der Waals surface area contributed by atoms with Gasteiger partial charge in [-0.15, -0.1) is 5.10 Å². The summed E-state index contributed by atoms with van der Waals surface area (Å²) in [5, 5.41) is 8.42. The Balaban J connectivity index is 1.45. The SMILES string of the molecule is COc1ccc(S(=O)(=O)N2CCN(c3cc(N4CCOCC4)cnn3)CC2)cc1OC. The fourth-order valence-electron chi connectivity index (χ4n) is 3.78. The number of hydrogen-bond donors (Lipinski definition) is 0. The van der Waals surface area contributed by atoms with Crippen LogP contribution in [0.5, 0.6) is 11.5 Å². The number of ether oxygens (including phenoxy) is 3. The highest BCUT2D eigenvalue weighted by Crippen LogP contribution is 2.31. The molecule has 31 heavy (non-hydrogen) atoms. The van der Waals surface area contributed by atoms with Crippen LogP contribution in [0.25, 0.3) is 0 Å². The molecule has 0 saturated carbocycles. The van der Waals surface area contributed by atoms with Crippen molar-refractivity contribution < 1.29 is 22.6 Å². The van der Waals surface area contributed by atoms with Gasteiger partial charge in [0.25, 0.3) is 0 Å². The first kappa shape index (κ1) is 21.6.